The van der Waals surface area contributed by atoms with E-state index in [1.54, 1.807) is 0 Å². The lowest BCUT2D eigenvalue weighted by Crippen LogP contribution is -2.41. The Morgan fingerprint density at radius 3 is 2.80 bits per heavy atom. The van der Waals surface area contributed by atoms with Gasteiger partial charge in [0, 0.05) is 26.2 Å². The summed E-state index contributed by atoms with van der Waals surface area (Å²) in [4.78, 5) is 7.01. The zero-order valence-corrected chi connectivity index (χ0v) is 17.6. The molecule has 1 saturated heterocycles. The number of rotatable bonds is 8. The molecule has 6 nitrogen and oxygen atoms in total. The number of aliphatic imine (C=N–C) groups is 1. The number of ether oxygens (including phenoxy) is 2. The Balaban J connectivity index is 0.00000312. The number of aryl methyl sites for hydroxylation is 1. The number of nitrogens with one attached hydrogen (secondary N) is 2. The predicted octanol–water partition coefficient (Wildman–Crippen LogP) is 1.88. The fourth-order valence-electron chi connectivity index (χ4n) is 2.51. The van der Waals surface area contributed by atoms with Gasteiger partial charge in [-0.3, -0.25) is 9.89 Å². The first-order valence-corrected chi connectivity index (χ1v) is 8.79. The van der Waals surface area contributed by atoms with Gasteiger partial charge in [0.2, 0.25) is 0 Å². The van der Waals surface area contributed by atoms with Gasteiger partial charge >= 0.3 is 0 Å². The minimum absolute atomic E-state index is 0. The van der Waals surface area contributed by atoms with Crippen LogP contribution in [0.15, 0.2) is 29.3 Å². The lowest BCUT2D eigenvalue weighted by molar-refractivity contribution is 0.0394. The van der Waals surface area contributed by atoms with Gasteiger partial charge in [-0.05, 0) is 31.5 Å². The third-order valence-corrected chi connectivity index (χ3v) is 3.79. The highest BCUT2D eigenvalue weighted by Crippen LogP contribution is 2.11. The Bertz CT molecular complexity index is 508. The molecule has 0 aliphatic carbocycles. The van der Waals surface area contributed by atoms with Crippen molar-refractivity contribution >= 4 is 29.9 Å². The van der Waals surface area contributed by atoms with Crippen molar-refractivity contribution in [3.63, 3.8) is 0 Å². The molecule has 0 saturated carbocycles. The molecule has 0 bridgehead atoms. The number of hydrogen-bond acceptors (Lipinski definition) is 4. The van der Waals surface area contributed by atoms with Gasteiger partial charge in [0.1, 0.15) is 12.4 Å². The van der Waals surface area contributed by atoms with Crippen LogP contribution in [0.5, 0.6) is 5.75 Å². The molecule has 1 aliphatic heterocycles. The van der Waals surface area contributed by atoms with Gasteiger partial charge in [0.15, 0.2) is 5.96 Å². The third kappa shape index (κ3) is 9.27. The van der Waals surface area contributed by atoms with Crippen molar-refractivity contribution in [2.75, 3.05) is 59.1 Å². The minimum atomic E-state index is 0. The number of nitrogens with zero attached hydrogens (tertiary/aromatic N) is 2. The summed E-state index contributed by atoms with van der Waals surface area (Å²) in [6.45, 7) is 11.7. The number of halogens is 1. The molecule has 1 heterocycles. The van der Waals surface area contributed by atoms with Crippen LogP contribution in [0.3, 0.4) is 0 Å². The highest BCUT2D eigenvalue weighted by atomic mass is 127. The molecule has 7 heteroatoms. The summed E-state index contributed by atoms with van der Waals surface area (Å²) in [6.07, 6.45) is 0. The first-order valence-electron chi connectivity index (χ1n) is 8.79. The Kier molecular flexibility index (Phi) is 11.6. The Labute approximate surface area is 168 Å². The average molecular weight is 462 g/mol. The number of morpholine rings is 1. The van der Waals surface area contributed by atoms with E-state index in [0.717, 1.165) is 64.2 Å². The molecule has 0 radical (unpaired) electrons. The largest absolute Gasteiger partial charge is 0.492 e. The molecule has 2 rings (SSSR count). The third-order valence-electron chi connectivity index (χ3n) is 3.79. The fourth-order valence-corrected chi connectivity index (χ4v) is 2.51. The zero-order chi connectivity index (χ0) is 17.0. The second-order valence-corrected chi connectivity index (χ2v) is 5.81. The summed E-state index contributed by atoms with van der Waals surface area (Å²) >= 11 is 0. The SMILES string of the molecule is CCNC(=NCCN1CCOCC1)NCCOc1cccc(C)c1.I. The maximum Gasteiger partial charge on any atom is 0.191 e. The standard InChI is InChI=1S/C18H30N4O2.HI/c1-3-19-18(20-7-9-22-10-13-23-14-11-22)21-8-12-24-17-6-4-5-16(2)15-17;/h4-6,15H,3,7-14H2,1-2H3,(H2,19,20,21);1H. The maximum atomic E-state index is 5.75. The van der Waals surface area contributed by atoms with Gasteiger partial charge in [-0.15, -0.1) is 24.0 Å². The van der Waals surface area contributed by atoms with Gasteiger partial charge in [-0.25, -0.2) is 0 Å². The number of benzene rings is 1. The van der Waals surface area contributed by atoms with Gasteiger partial charge in [-0.1, -0.05) is 12.1 Å². The minimum Gasteiger partial charge on any atom is -0.492 e. The van der Waals surface area contributed by atoms with E-state index in [1.807, 2.05) is 18.2 Å². The van der Waals surface area contributed by atoms with Gasteiger partial charge < -0.3 is 20.1 Å². The molecule has 0 aromatic heterocycles. The van der Waals surface area contributed by atoms with E-state index in [0.29, 0.717) is 6.61 Å². The molecule has 0 unspecified atom stereocenters. The van der Waals surface area contributed by atoms with Crippen LogP contribution in [0.1, 0.15) is 12.5 Å². The van der Waals surface area contributed by atoms with Crippen molar-refractivity contribution in [3.8, 4) is 5.75 Å². The molecule has 1 aliphatic rings. The van der Waals surface area contributed by atoms with Crippen LogP contribution >= 0.6 is 24.0 Å². The second-order valence-electron chi connectivity index (χ2n) is 5.81. The monoisotopic (exact) mass is 462 g/mol. The molecule has 0 amide bonds. The topological polar surface area (TPSA) is 58.1 Å². The van der Waals surface area contributed by atoms with Gasteiger partial charge in [-0.2, -0.15) is 0 Å². The summed E-state index contributed by atoms with van der Waals surface area (Å²) in [6, 6.07) is 8.10. The number of hydrogen-bond donors (Lipinski definition) is 2. The first kappa shape index (κ1) is 22.0. The van der Waals surface area contributed by atoms with Crippen molar-refractivity contribution in [3.05, 3.63) is 29.8 Å². The van der Waals surface area contributed by atoms with Crippen molar-refractivity contribution in [1.29, 1.82) is 0 Å². The Hall–Kier alpha value is -1.06. The van der Waals surface area contributed by atoms with E-state index in [4.69, 9.17) is 9.47 Å². The van der Waals surface area contributed by atoms with Crippen molar-refractivity contribution in [1.82, 2.24) is 15.5 Å². The molecule has 0 spiro atoms. The summed E-state index contributed by atoms with van der Waals surface area (Å²) in [7, 11) is 0. The molecule has 0 atom stereocenters. The molecule has 142 valence electrons. The van der Waals surface area contributed by atoms with Gasteiger partial charge in [0.25, 0.3) is 0 Å². The van der Waals surface area contributed by atoms with Crippen molar-refractivity contribution < 1.29 is 9.47 Å². The molecular weight excluding hydrogens is 431 g/mol. The molecule has 2 N–H and O–H groups in total. The van der Waals surface area contributed by atoms with Gasteiger partial charge in [0.05, 0.1) is 26.3 Å². The zero-order valence-electron chi connectivity index (χ0n) is 15.3. The quantitative estimate of drug-likeness (QED) is 0.268. The molecule has 25 heavy (non-hydrogen) atoms. The van der Waals surface area contributed by atoms with Crippen molar-refractivity contribution in [2.24, 2.45) is 4.99 Å². The molecule has 1 aromatic carbocycles. The average Bonchev–Trinajstić information content (AvgIpc) is 2.60. The van der Waals surface area contributed by atoms with Crippen LogP contribution in [-0.2, 0) is 4.74 Å². The Morgan fingerprint density at radius 2 is 2.08 bits per heavy atom. The van der Waals surface area contributed by atoms with Crippen molar-refractivity contribution in [2.45, 2.75) is 13.8 Å². The highest BCUT2D eigenvalue weighted by molar-refractivity contribution is 14.0. The first-order chi connectivity index (χ1) is 11.8. The summed E-state index contributed by atoms with van der Waals surface area (Å²) < 4.78 is 11.1. The van der Waals surface area contributed by atoms with E-state index in [9.17, 15) is 0 Å². The van der Waals surface area contributed by atoms with Crippen LogP contribution < -0.4 is 15.4 Å². The molecular formula is C18H31IN4O2. The highest BCUT2D eigenvalue weighted by Gasteiger charge is 2.09. The summed E-state index contributed by atoms with van der Waals surface area (Å²) in [5, 5.41) is 6.58. The molecule has 1 fully saturated rings. The normalized spacial score (nSPS) is 15.4. The van der Waals surface area contributed by atoms with E-state index < -0.39 is 0 Å². The lowest BCUT2D eigenvalue weighted by Gasteiger charge is -2.25. The van der Waals surface area contributed by atoms with E-state index in [2.05, 4.69) is 40.4 Å². The summed E-state index contributed by atoms with van der Waals surface area (Å²) in [5.74, 6) is 1.75. The fraction of sp³-hybridized carbons (Fsp3) is 0.611. The van der Waals surface area contributed by atoms with E-state index >= 15 is 0 Å². The van der Waals surface area contributed by atoms with Crippen LogP contribution in [0.25, 0.3) is 0 Å². The van der Waals surface area contributed by atoms with Crippen LogP contribution in [-0.4, -0.2) is 69.9 Å². The van der Waals surface area contributed by atoms with Crippen LogP contribution in [0.4, 0.5) is 0 Å². The van der Waals surface area contributed by atoms with E-state index in [1.165, 1.54) is 5.56 Å². The number of guanidine groups is 1. The van der Waals surface area contributed by atoms with E-state index in [-0.39, 0.29) is 24.0 Å². The molecule has 1 aromatic rings. The van der Waals surface area contributed by atoms with Crippen LogP contribution in [0.2, 0.25) is 0 Å². The predicted molar refractivity (Wildman–Crippen MR) is 113 cm³/mol. The van der Waals surface area contributed by atoms with Crippen LogP contribution in [0, 0.1) is 6.92 Å². The summed E-state index contributed by atoms with van der Waals surface area (Å²) in [5.41, 5.74) is 1.21. The Morgan fingerprint density at radius 1 is 1.28 bits per heavy atom. The maximum absolute atomic E-state index is 5.75. The second kappa shape index (κ2) is 13.2. The smallest absolute Gasteiger partial charge is 0.191 e. The lowest BCUT2D eigenvalue weighted by atomic mass is 10.2.